The van der Waals surface area contributed by atoms with E-state index < -0.39 is 11.9 Å². The Bertz CT molecular complexity index is 1400. The minimum absolute atomic E-state index is 0.255. The molecule has 0 unspecified atom stereocenters. The zero-order valence-corrected chi connectivity index (χ0v) is 28.8. The molecule has 0 heterocycles. The zero-order chi connectivity index (χ0) is 33.4. The van der Waals surface area contributed by atoms with Crippen molar-refractivity contribution in [2.45, 2.75) is 130 Å². The van der Waals surface area contributed by atoms with Crippen molar-refractivity contribution in [2.24, 2.45) is 0 Å². The molecule has 0 aliphatic heterocycles. The van der Waals surface area contributed by atoms with E-state index >= 15 is 0 Å². The van der Waals surface area contributed by atoms with Gasteiger partial charge in [-0.25, -0.2) is 19.4 Å². The topological polar surface area (TPSA) is 93.1 Å². The lowest BCUT2D eigenvalue weighted by atomic mass is 9.72. The van der Waals surface area contributed by atoms with Crippen LogP contribution in [0.2, 0.25) is 0 Å². The van der Waals surface area contributed by atoms with E-state index in [9.17, 15) is 19.8 Å². The molecule has 2 N–H and O–H groups in total. The van der Waals surface area contributed by atoms with Gasteiger partial charge < -0.3 is 10.2 Å². The summed E-state index contributed by atoms with van der Waals surface area (Å²) in [6.07, 6.45) is 9.40. The third-order valence-corrected chi connectivity index (χ3v) is 8.08. The van der Waals surface area contributed by atoms with Crippen molar-refractivity contribution in [1.82, 2.24) is 0 Å². The molecule has 0 fully saturated rings. The fraction of sp³-hybridized carbons (Fsp3) is 0.526. The molecule has 1 aliphatic carbocycles. The van der Waals surface area contributed by atoms with Crippen LogP contribution in [0.3, 0.4) is 0 Å². The lowest BCUT2D eigenvalue weighted by Crippen LogP contribution is -2.22. The van der Waals surface area contributed by atoms with E-state index in [1.54, 1.807) is 12.2 Å². The highest BCUT2D eigenvalue weighted by Crippen LogP contribution is 2.47. The number of aromatic hydroxyl groups is 2. The summed E-state index contributed by atoms with van der Waals surface area (Å²) in [5.74, 6) is -1.02. The van der Waals surface area contributed by atoms with Crippen LogP contribution >= 0.6 is 0 Å². The Kier molecular flexibility index (Phi) is 9.89. The van der Waals surface area contributed by atoms with Crippen molar-refractivity contribution < 1.29 is 29.6 Å². The average molecular weight is 605 g/mol. The first-order valence-corrected chi connectivity index (χ1v) is 15.6. The maximum atomic E-state index is 12.7. The molecule has 0 spiro atoms. The summed E-state index contributed by atoms with van der Waals surface area (Å²) >= 11 is 0. The first kappa shape index (κ1) is 34.9. The van der Waals surface area contributed by atoms with Crippen LogP contribution in [0, 0.1) is 0 Å². The molecule has 2 aromatic rings. The zero-order valence-electron chi connectivity index (χ0n) is 28.8. The summed E-state index contributed by atoms with van der Waals surface area (Å²) < 4.78 is 0. The van der Waals surface area contributed by atoms with Gasteiger partial charge in [0.15, 0.2) is 0 Å². The van der Waals surface area contributed by atoms with Gasteiger partial charge in [0, 0.05) is 34.4 Å². The van der Waals surface area contributed by atoms with Crippen LogP contribution in [0.5, 0.6) is 11.5 Å². The number of rotatable bonds is 4. The summed E-state index contributed by atoms with van der Waals surface area (Å²) in [7, 11) is 0. The Morgan fingerprint density at radius 1 is 0.614 bits per heavy atom. The minimum atomic E-state index is -0.830. The second kappa shape index (κ2) is 12.5. The average Bonchev–Trinajstić information content (AvgIpc) is 2.99. The third-order valence-electron chi connectivity index (χ3n) is 8.08. The van der Waals surface area contributed by atoms with Gasteiger partial charge in [0.05, 0.1) is 0 Å². The SMILES string of the molecule is CC(C)(C)c1cc(/C=C/C(=O)OOC(=O)/C=C/c2c3c(C(C)(C)C)c(O)c(C(C)(C)C)c2CCCC3)cc(C(C)(C)C)c1O. The van der Waals surface area contributed by atoms with Crippen LogP contribution in [-0.2, 0) is 53.9 Å². The van der Waals surface area contributed by atoms with Crippen molar-refractivity contribution in [3.63, 3.8) is 0 Å². The molecule has 2 bridgehead atoms. The molecular weight excluding hydrogens is 552 g/mol. The minimum Gasteiger partial charge on any atom is -0.507 e. The number of carbonyl (C=O) groups excluding carboxylic acids is 2. The monoisotopic (exact) mass is 604 g/mol. The van der Waals surface area contributed by atoms with Gasteiger partial charge in [-0.3, -0.25) is 0 Å². The Morgan fingerprint density at radius 3 is 1.36 bits per heavy atom. The van der Waals surface area contributed by atoms with Crippen LogP contribution in [0.15, 0.2) is 24.3 Å². The molecule has 1 aliphatic rings. The van der Waals surface area contributed by atoms with E-state index in [1.165, 1.54) is 12.2 Å². The Balaban J connectivity index is 1.86. The molecule has 0 amide bonds. The Hall–Kier alpha value is -3.54. The summed E-state index contributed by atoms with van der Waals surface area (Å²) in [5, 5.41) is 22.5. The Morgan fingerprint density at radius 2 is 1.00 bits per heavy atom. The van der Waals surface area contributed by atoms with Crippen LogP contribution in [0.1, 0.15) is 140 Å². The first-order chi connectivity index (χ1) is 20.0. The number of hydrogen-bond donors (Lipinski definition) is 2. The van der Waals surface area contributed by atoms with Gasteiger partial charge in [0.1, 0.15) is 11.5 Å². The largest absolute Gasteiger partial charge is 0.507 e. The molecule has 0 saturated carbocycles. The van der Waals surface area contributed by atoms with Crippen molar-refractivity contribution in [2.75, 3.05) is 0 Å². The smallest absolute Gasteiger partial charge is 0.379 e. The van der Waals surface area contributed by atoms with Gasteiger partial charge in [-0.1, -0.05) is 83.1 Å². The number of phenols is 2. The summed E-state index contributed by atoms with van der Waals surface area (Å²) in [4.78, 5) is 34.9. The normalized spacial score (nSPS) is 14.6. The fourth-order valence-corrected chi connectivity index (χ4v) is 6.15. The van der Waals surface area contributed by atoms with Crippen LogP contribution in [0.4, 0.5) is 0 Å². The highest BCUT2D eigenvalue weighted by Gasteiger charge is 2.34. The van der Waals surface area contributed by atoms with Gasteiger partial charge >= 0.3 is 11.9 Å². The van der Waals surface area contributed by atoms with E-state index in [2.05, 4.69) is 41.5 Å². The van der Waals surface area contributed by atoms with E-state index in [4.69, 9.17) is 9.78 Å². The molecule has 0 radical (unpaired) electrons. The van der Waals surface area contributed by atoms with Gasteiger partial charge in [-0.05, 0) is 93.9 Å². The number of carbonyl (C=O) groups is 2. The standard InChI is InChI=1S/C38H52O6/c1-35(2,3)27-21-23(22-28(33(27)41)36(4,5)6)17-19-29(39)43-44-30(40)20-18-24-25-15-13-14-16-26(24)32(38(10,11)12)34(42)31(25)37(7,8)9/h17-22,41-42H,13-16H2,1-12H3/b19-17+,20-18+. The fourth-order valence-electron chi connectivity index (χ4n) is 6.15. The second-order valence-corrected chi connectivity index (χ2v) is 16.1. The molecule has 0 atom stereocenters. The van der Waals surface area contributed by atoms with Crippen molar-refractivity contribution in [1.29, 1.82) is 0 Å². The van der Waals surface area contributed by atoms with E-state index in [1.807, 2.05) is 53.7 Å². The number of fused-ring (bicyclic) bond motifs is 2. The quantitative estimate of drug-likeness (QED) is 0.206. The maximum Gasteiger partial charge on any atom is 0.379 e. The summed E-state index contributed by atoms with van der Waals surface area (Å²) in [6, 6.07) is 3.69. The van der Waals surface area contributed by atoms with Crippen LogP contribution in [0.25, 0.3) is 12.2 Å². The molecule has 44 heavy (non-hydrogen) atoms. The van der Waals surface area contributed by atoms with Gasteiger partial charge in [-0.2, -0.15) is 0 Å². The second-order valence-electron chi connectivity index (χ2n) is 16.1. The highest BCUT2D eigenvalue weighted by atomic mass is 17.2. The van der Waals surface area contributed by atoms with Gasteiger partial charge in [-0.15, -0.1) is 0 Å². The maximum absolute atomic E-state index is 12.7. The van der Waals surface area contributed by atoms with Gasteiger partial charge in [0.25, 0.3) is 0 Å². The van der Waals surface area contributed by atoms with Crippen molar-refractivity contribution in [3.05, 3.63) is 68.8 Å². The van der Waals surface area contributed by atoms with Gasteiger partial charge in [0.2, 0.25) is 0 Å². The Labute approximate surface area is 264 Å². The highest BCUT2D eigenvalue weighted by molar-refractivity contribution is 5.90. The molecule has 0 aromatic heterocycles. The van der Waals surface area contributed by atoms with Crippen LogP contribution < -0.4 is 0 Å². The third kappa shape index (κ3) is 7.94. The number of hydrogen-bond acceptors (Lipinski definition) is 6. The van der Waals surface area contributed by atoms with Crippen molar-refractivity contribution >= 4 is 24.1 Å². The molecule has 6 heteroatoms. The lowest BCUT2D eigenvalue weighted by Gasteiger charge is -2.33. The lowest BCUT2D eigenvalue weighted by molar-refractivity contribution is -0.250. The van der Waals surface area contributed by atoms with E-state index in [-0.39, 0.29) is 27.4 Å². The molecular formula is C38H52O6. The number of phenolic OH excluding ortho intramolecular Hbond substituents is 2. The summed E-state index contributed by atoms with van der Waals surface area (Å²) in [6.45, 7) is 24.7. The van der Waals surface area contributed by atoms with E-state index in [0.29, 0.717) is 5.75 Å². The predicted molar refractivity (Wildman–Crippen MR) is 178 cm³/mol. The molecule has 6 nitrogen and oxygen atoms in total. The number of benzene rings is 2. The summed E-state index contributed by atoms with van der Waals surface area (Å²) in [5.41, 5.74) is 5.92. The van der Waals surface area contributed by atoms with Crippen LogP contribution in [-0.4, -0.2) is 22.2 Å². The molecule has 240 valence electrons. The first-order valence-electron chi connectivity index (χ1n) is 15.6. The van der Waals surface area contributed by atoms with Crippen molar-refractivity contribution in [3.8, 4) is 11.5 Å². The predicted octanol–water partition coefficient (Wildman–Crippen LogP) is 8.89. The van der Waals surface area contributed by atoms with E-state index in [0.717, 1.165) is 70.2 Å². The molecule has 3 rings (SSSR count). The molecule has 2 aromatic carbocycles. The molecule has 0 saturated heterocycles.